The van der Waals surface area contributed by atoms with E-state index < -0.39 is 5.79 Å². The van der Waals surface area contributed by atoms with Gasteiger partial charge < -0.3 is 14.2 Å². The molecule has 0 saturated carbocycles. The summed E-state index contributed by atoms with van der Waals surface area (Å²) in [6.07, 6.45) is 4.05. The largest absolute Gasteiger partial charge is 0.462 e. The number of aryl methyl sites for hydroxylation is 1. The zero-order valence-electron chi connectivity index (χ0n) is 13.7. The van der Waals surface area contributed by atoms with E-state index >= 15 is 0 Å². The summed E-state index contributed by atoms with van der Waals surface area (Å²) in [5.74, 6) is 1.58. The Kier molecular flexibility index (Phi) is 4.65. The van der Waals surface area contributed by atoms with Crippen LogP contribution in [0, 0.1) is 0 Å². The Morgan fingerprint density at radius 3 is 2.62 bits per heavy atom. The van der Waals surface area contributed by atoms with Crippen molar-refractivity contribution in [3.63, 3.8) is 0 Å². The first-order valence-corrected chi connectivity index (χ1v) is 7.91. The van der Waals surface area contributed by atoms with Crippen molar-refractivity contribution >= 4 is 11.8 Å². The van der Waals surface area contributed by atoms with Gasteiger partial charge in [-0.1, -0.05) is 13.0 Å². The summed E-state index contributed by atoms with van der Waals surface area (Å²) in [4.78, 5) is 13.8. The van der Waals surface area contributed by atoms with Crippen molar-refractivity contribution in [1.82, 2.24) is 0 Å². The molecule has 0 bridgehead atoms. The minimum absolute atomic E-state index is 0.541. The molecule has 0 spiro atoms. The molecule has 1 aliphatic rings. The van der Waals surface area contributed by atoms with E-state index in [1.807, 2.05) is 18.2 Å². The van der Waals surface area contributed by atoms with Crippen LogP contribution in [0.4, 0.5) is 5.69 Å². The molecular weight excluding hydrogens is 306 g/mol. The van der Waals surface area contributed by atoms with E-state index in [-0.39, 0.29) is 0 Å². The summed E-state index contributed by atoms with van der Waals surface area (Å²) in [6, 6.07) is 12.7. The normalized spacial score (nSPS) is 18.9. The second kappa shape index (κ2) is 6.87. The van der Waals surface area contributed by atoms with Crippen LogP contribution in [0.15, 0.2) is 47.5 Å². The van der Waals surface area contributed by atoms with Crippen LogP contribution in [-0.4, -0.2) is 19.0 Å². The molecule has 0 N–H and O–H groups in total. The van der Waals surface area contributed by atoms with Crippen LogP contribution < -0.4 is 9.47 Å². The van der Waals surface area contributed by atoms with Crippen molar-refractivity contribution in [2.45, 2.75) is 32.0 Å². The van der Waals surface area contributed by atoms with Gasteiger partial charge in [-0.05, 0) is 42.3 Å². The lowest BCUT2D eigenvalue weighted by molar-refractivity contribution is -0.176. The molecule has 3 rings (SSSR count). The molecule has 0 fully saturated rings. The van der Waals surface area contributed by atoms with Crippen molar-refractivity contribution in [1.29, 1.82) is 0 Å². The van der Waals surface area contributed by atoms with Crippen LogP contribution in [0.1, 0.15) is 25.3 Å². The van der Waals surface area contributed by atoms with E-state index in [0.29, 0.717) is 17.2 Å². The van der Waals surface area contributed by atoms with Crippen molar-refractivity contribution < 1.29 is 19.0 Å². The standard InChI is InChI=1S/C19H19NO4/c1-3-19(22-2)11-10-14-4-7-17(12-18(14)24-19)23-16-8-5-15(6-9-16)20-13-21/h4-9,12H,3,10-11H2,1-2H3. The van der Waals surface area contributed by atoms with Gasteiger partial charge in [-0.15, -0.1) is 0 Å². The van der Waals surface area contributed by atoms with Crippen molar-refractivity contribution in [3.8, 4) is 17.2 Å². The quantitative estimate of drug-likeness (QED) is 0.599. The topological polar surface area (TPSA) is 57.1 Å². The number of rotatable bonds is 5. The molecule has 1 unspecified atom stereocenters. The Balaban J connectivity index is 1.80. The second-order valence-electron chi connectivity index (χ2n) is 5.64. The average Bonchev–Trinajstić information content (AvgIpc) is 2.63. The fraction of sp³-hybridized carbons (Fsp3) is 0.316. The SMILES string of the molecule is CCC1(OC)CCc2ccc(Oc3ccc(N=C=O)cc3)cc2O1. The summed E-state index contributed by atoms with van der Waals surface area (Å²) in [7, 11) is 1.68. The predicted octanol–water partition coefficient (Wildman–Crippen LogP) is 4.52. The maximum Gasteiger partial charge on any atom is 0.240 e. The Labute approximate surface area is 140 Å². The Morgan fingerprint density at radius 1 is 1.21 bits per heavy atom. The molecule has 0 radical (unpaired) electrons. The number of nitrogens with zero attached hydrogens (tertiary/aromatic N) is 1. The summed E-state index contributed by atoms with van der Waals surface area (Å²) in [5, 5.41) is 0. The lowest BCUT2D eigenvalue weighted by Crippen LogP contribution is -2.40. The molecule has 1 atom stereocenters. The van der Waals surface area contributed by atoms with Crippen LogP contribution in [0.3, 0.4) is 0 Å². The minimum Gasteiger partial charge on any atom is -0.462 e. The Hall–Kier alpha value is -2.62. The summed E-state index contributed by atoms with van der Waals surface area (Å²) in [6.45, 7) is 2.05. The molecule has 0 amide bonds. The summed E-state index contributed by atoms with van der Waals surface area (Å²) < 4.78 is 17.5. The number of isocyanates is 1. The van der Waals surface area contributed by atoms with Gasteiger partial charge in [0.1, 0.15) is 17.2 Å². The van der Waals surface area contributed by atoms with Gasteiger partial charge in [0, 0.05) is 26.0 Å². The Morgan fingerprint density at radius 2 is 1.96 bits per heavy atom. The van der Waals surface area contributed by atoms with Gasteiger partial charge in [0.05, 0.1) is 5.69 Å². The first-order valence-electron chi connectivity index (χ1n) is 7.91. The van der Waals surface area contributed by atoms with Gasteiger partial charge in [-0.2, -0.15) is 4.99 Å². The van der Waals surface area contributed by atoms with E-state index in [4.69, 9.17) is 14.2 Å². The Bertz CT molecular complexity index is 759. The number of aliphatic imine (C=N–C) groups is 1. The molecule has 5 heteroatoms. The highest BCUT2D eigenvalue weighted by Gasteiger charge is 2.34. The molecule has 0 aromatic heterocycles. The highest BCUT2D eigenvalue weighted by molar-refractivity contribution is 5.51. The molecule has 0 saturated heterocycles. The fourth-order valence-corrected chi connectivity index (χ4v) is 2.79. The number of methoxy groups -OCH3 is 1. The number of fused-ring (bicyclic) bond motifs is 1. The third-order valence-electron chi connectivity index (χ3n) is 4.27. The highest BCUT2D eigenvalue weighted by atomic mass is 16.7. The third-order valence-corrected chi connectivity index (χ3v) is 4.27. The molecule has 0 aliphatic carbocycles. The third kappa shape index (κ3) is 3.32. The molecule has 5 nitrogen and oxygen atoms in total. The van der Waals surface area contributed by atoms with Crippen molar-refractivity contribution in [3.05, 3.63) is 48.0 Å². The summed E-state index contributed by atoms with van der Waals surface area (Å²) >= 11 is 0. The van der Waals surface area contributed by atoms with Gasteiger partial charge in [-0.3, -0.25) is 0 Å². The predicted molar refractivity (Wildman–Crippen MR) is 89.7 cm³/mol. The molecule has 1 heterocycles. The van der Waals surface area contributed by atoms with Crippen LogP contribution in [0.5, 0.6) is 17.2 Å². The molecular formula is C19H19NO4. The maximum atomic E-state index is 10.2. The van der Waals surface area contributed by atoms with Crippen molar-refractivity contribution in [2.75, 3.05) is 7.11 Å². The van der Waals surface area contributed by atoms with Gasteiger partial charge in [-0.25, -0.2) is 4.79 Å². The van der Waals surface area contributed by atoms with Gasteiger partial charge in [0.15, 0.2) is 0 Å². The van der Waals surface area contributed by atoms with Gasteiger partial charge >= 0.3 is 0 Å². The van der Waals surface area contributed by atoms with E-state index in [2.05, 4.69) is 11.9 Å². The van der Waals surface area contributed by atoms with E-state index in [9.17, 15) is 4.79 Å². The molecule has 24 heavy (non-hydrogen) atoms. The molecule has 1 aliphatic heterocycles. The minimum atomic E-state index is -0.555. The second-order valence-corrected chi connectivity index (χ2v) is 5.64. The smallest absolute Gasteiger partial charge is 0.240 e. The van der Waals surface area contributed by atoms with E-state index in [1.54, 1.807) is 31.4 Å². The number of benzene rings is 2. The number of hydrogen-bond donors (Lipinski definition) is 0. The molecule has 2 aromatic carbocycles. The van der Waals surface area contributed by atoms with Crippen LogP contribution in [0.25, 0.3) is 0 Å². The lowest BCUT2D eigenvalue weighted by Gasteiger charge is -2.36. The van der Waals surface area contributed by atoms with Gasteiger partial charge in [0.25, 0.3) is 0 Å². The first-order chi connectivity index (χ1) is 11.7. The van der Waals surface area contributed by atoms with E-state index in [1.165, 1.54) is 6.08 Å². The number of ether oxygens (including phenoxy) is 3. The van der Waals surface area contributed by atoms with Crippen LogP contribution in [-0.2, 0) is 16.0 Å². The number of carbonyl (C=O) groups excluding carboxylic acids is 1. The molecule has 2 aromatic rings. The zero-order chi connectivity index (χ0) is 17.0. The number of hydrogen-bond acceptors (Lipinski definition) is 5. The van der Waals surface area contributed by atoms with Crippen LogP contribution >= 0.6 is 0 Å². The monoisotopic (exact) mass is 325 g/mol. The fourth-order valence-electron chi connectivity index (χ4n) is 2.79. The highest BCUT2D eigenvalue weighted by Crippen LogP contribution is 2.38. The maximum absolute atomic E-state index is 10.2. The van der Waals surface area contributed by atoms with Crippen molar-refractivity contribution in [2.24, 2.45) is 4.99 Å². The summed E-state index contributed by atoms with van der Waals surface area (Å²) in [5.41, 5.74) is 1.69. The van der Waals surface area contributed by atoms with Crippen LogP contribution in [0.2, 0.25) is 0 Å². The lowest BCUT2D eigenvalue weighted by atomic mass is 9.98. The zero-order valence-corrected chi connectivity index (χ0v) is 13.7. The van der Waals surface area contributed by atoms with Gasteiger partial charge in [0.2, 0.25) is 11.9 Å². The van der Waals surface area contributed by atoms with E-state index in [0.717, 1.165) is 30.6 Å². The first kappa shape index (κ1) is 16.2. The molecule has 124 valence electrons. The average molecular weight is 325 g/mol.